The molecular formula is C18H20O2. The van der Waals surface area contributed by atoms with Gasteiger partial charge < -0.3 is 4.74 Å². The molecule has 0 saturated carbocycles. The molecule has 0 N–H and O–H groups in total. The van der Waals surface area contributed by atoms with Crippen LogP contribution in [0.2, 0.25) is 0 Å². The summed E-state index contributed by atoms with van der Waals surface area (Å²) in [4.78, 5) is 11.8. The molecule has 0 atom stereocenters. The van der Waals surface area contributed by atoms with Crippen LogP contribution in [0.3, 0.4) is 0 Å². The number of carbonyl (C=O) groups is 1. The van der Waals surface area contributed by atoms with Crippen LogP contribution in [0.5, 0.6) is 0 Å². The largest absolute Gasteiger partial charge is 0.462 e. The second kappa shape index (κ2) is 6.38. The van der Waals surface area contributed by atoms with Gasteiger partial charge in [0.15, 0.2) is 0 Å². The highest BCUT2D eigenvalue weighted by atomic mass is 16.5. The molecule has 0 unspecified atom stereocenters. The van der Waals surface area contributed by atoms with Gasteiger partial charge >= 0.3 is 5.97 Å². The molecule has 2 heteroatoms. The Morgan fingerprint density at radius 2 is 1.80 bits per heavy atom. The van der Waals surface area contributed by atoms with Gasteiger partial charge in [0.2, 0.25) is 0 Å². The first-order chi connectivity index (χ1) is 9.65. The minimum atomic E-state index is -0.267. The lowest BCUT2D eigenvalue weighted by Gasteiger charge is -2.08. The lowest BCUT2D eigenvalue weighted by molar-refractivity contribution is 0.0526. The molecule has 0 radical (unpaired) electrons. The van der Waals surface area contributed by atoms with Crippen LogP contribution < -0.4 is 0 Å². The van der Waals surface area contributed by atoms with Crippen LogP contribution >= 0.6 is 0 Å². The molecule has 0 spiro atoms. The van der Waals surface area contributed by atoms with Crippen molar-refractivity contribution in [3.8, 4) is 11.1 Å². The summed E-state index contributed by atoms with van der Waals surface area (Å²) in [6.07, 6.45) is 1.04. The fourth-order valence-electron chi connectivity index (χ4n) is 2.31. The number of hydrogen-bond acceptors (Lipinski definition) is 2. The van der Waals surface area contributed by atoms with Crippen molar-refractivity contribution in [3.63, 3.8) is 0 Å². The average Bonchev–Trinajstić information content (AvgIpc) is 2.47. The van der Waals surface area contributed by atoms with Crippen molar-refractivity contribution in [2.75, 3.05) is 6.61 Å². The molecule has 0 fully saturated rings. The van der Waals surface area contributed by atoms with E-state index in [1.807, 2.05) is 25.1 Å². The van der Waals surface area contributed by atoms with Crippen molar-refractivity contribution < 1.29 is 9.53 Å². The summed E-state index contributed by atoms with van der Waals surface area (Å²) in [5.41, 5.74) is 5.41. The lowest BCUT2D eigenvalue weighted by atomic mass is 9.97. The van der Waals surface area contributed by atoms with Crippen molar-refractivity contribution in [3.05, 3.63) is 59.2 Å². The van der Waals surface area contributed by atoms with E-state index >= 15 is 0 Å². The van der Waals surface area contributed by atoms with Crippen molar-refractivity contribution >= 4 is 5.97 Å². The van der Waals surface area contributed by atoms with Gasteiger partial charge in [0.05, 0.1) is 12.2 Å². The van der Waals surface area contributed by atoms with Gasteiger partial charge in [-0.15, -0.1) is 0 Å². The van der Waals surface area contributed by atoms with Crippen LogP contribution in [0.25, 0.3) is 11.1 Å². The van der Waals surface area contributed by atoms with E-state index in [4.69, 9.17) is 4.74 Å². The SMILES string of the molecule is CCOC(=O)c1cccc(-c2ccc(CC)c(C)c2)c1. The maximum Gasteiger partial charge on any atom is 0.338 e. The Morgan fingerprint density at radius 3 is 2.45 bits per heavy atom. The molecule has 2 aromatic carbocycles. The van der Waals surface area contributed by atoms with Crippen LogP contribution in [0.15, 0.2) is 42.5 Å². The van der Waals surface area contributed by atoms with E-state index in [-0.39, 0.29) is 5.97 Å². The second-order valence-electron chi connectivity index (χ2n) is 4.80. The third kappa shape index (κ3) is 3.08. The van der Waals surface area contributed by atoms with Gasteiger partial charge in [-0.2, -0.15) is 0 Å². The summed E-state index contributed by atoms with van der Waals surface area (Å²) in [7, 11) is 0. The predicted molar refractivity (Wildman–Crippen MR) is 81.9 cm³/mol. The van der Waals surface area contributed by atoms with Crippen molar-refractivity contribution in [2.45, 2.75) is 27.2 Å². The van der Waals surface area contributed by atoms with E-state index in [0.717, 1.165) is 17.5 Å². The zero-order chi connectivity index (χ0) is 14.5. The van der Waals surface area contributed by atoms with Gasteiger partial charge in [0.1, 0.15) is 0 Å². The topological polar surface area (TPSA) is 26.3 Å². The molecule has 0 bridgehead atoms. The van der Waals surface area contributed by atoms with Gasteiger partial charge in [-0.25, -0.2) is 4.79 Å². The summed E-state index contributed by atoms with van der Waals surface area (Å²) >= 11 is 0. The molecule has 0 aromatic heterocycles. The molecule has 0 amide bonds. The number of aryl methyl sites for hydroxylation is 2. The Kier molecular flexibility index (Phi) is 4.57. The third-order valence-electron chi connectivity index (χ3n) is 3.43. The van der Waals surface area contributed by atoms with Crippen LogP contribution in [-0.2, 0) is 11.2 Å². The first-order valence-corrected chi connectivity index (χ1v) is 7.02. The molecule has 2 aromatic rings. The van der Waals surface area contributed by atoms with E-state index in [9.17, 15) is 4.79 Å². The third-order valence-corrected chi connectivity index (χ3v) is 3.43. The summed E-state index contributed by atoms with van der Waals surface area (Å²) in [5.74, 6) is -0.267. The smallest absolute Gasteiger partial charge is 0.338 e. The maximum atomic E-state index is 11.8. The van der Waals surface area contributed by atoms with Crippen LogP contribution in [0, 0.1) is 6.92 Å². The molecule has 0 saturated heterocycles. The Bertz CT molecular complexity index is 615. The minimum absolute atomic E-state index is 0.267. The van der Waals surface area contributed by atoms with Gasteiger partial charge in [-0.1, -0.05) is 37.3 Å². The highest BCUT2D eigenvalue weighted by Gasteiger charge is 2.08. The summed E-state index contributed by atoms with van der Waals surface area (Å²) in [5, 5.41) is 0. The number of benzene rings is 2. The molecule has 0 aliphatic carbocycles. The molecule has 2 nitrogen and oxygen atoms in total. The van der Waals surface area contributed by atoms with E-state index in [1.165, 1.54) is 11.1 Å². The standard InChI is InChI=1S/C18H20O2/c1-4-14-9-10-16(11-13(14)3)15-7-6-8-17(12-15)18(19)20-5-2/h6-12H,4-5H2,1-3H3. The number of esters is 1. The molecule has 104 valence electrons. The Labute approximate surface area is 120 Å². The average molecular weight is 268 g/mol. The fraction of sp³-hybridized carbons (Fsp3) is 0.278. The molecule has 0 aliphatic heterocycles. The van der Waals surface area contributed by atoms with Crippen molar-refractivity contribution in [1.29, 1.82) is 0 Å². The monoisotopic (exact) mass is 268 g/mol. The zero-order valence-electron chi connectivity index (χ0n) is 12.3. The fourth-order valence-corrected chi connectivity index (χ4v) is 2.31. The highest BCUT2D eigenvalue weighted by Crippen LogP contribution is 2.23. The van der Waals surface area contributed by atoms with Crippen LogP contribution in [-0.4, -0.2) is 12.6 Å². The number of rotatable bonds is 4. The Balaban J connectivity index is 2.36. The number of hydrogen-bond donors (Lipinski definition) is 0. The minimum Gasteiger partial charge on any atom is -0.462 e. The van der Waals surface area contributed by atoms with Crippen LogP contribution in [0.1, 0.15) is 35.3 Å². The molecule has 0 heterocycles. The van der Waals surface area contributed by atoms with Gasteiger partial charge in [0, 0.05) is 0 Å². The second-order valence-corrected chi connectivity index (χ2v) is 4.80. The first kappa shape index (κ1) is 14.3. The first-order valence-electron chi connectivity index (χ1n) is 7.02. The molecule has 2 rings (SSSR count). The maximum absolute atomic E-state index is 11.8. The van der Waals surface area contributed by atoms with Crippen molar-refractivity contribution in [2.24, 2.45) is 0 Å². The van der Waals surface area contributed by atoms with Crippen LogP contribution in [0.4, 0.5) is 0 Å². The summed E-state index contributed by atoms with van der Waals surface area (Å²) in [6.45, 7) is 6.49. The Hall–Kier alpha value is -2.09. The highest BCUT2D eigenvalue weighted by molar-refractivity contribution is 5.91. The number of ether oxygens (including phenoxy) is 1. The van der Waals surface area contributed by atoms with E-state index < -0.39 is 0 Å². The van der Waals surface area contributed by atoms with Gasteiger partial charge in [-0.3, -0.25) is 0 Å². The predicted octanol–water partition coefficient (Wildman–Crippen LogP) is 4.40. The van der Waals surface area contributed by atoms with E-state index in [2.05, 4.69) is 32.0 Å². The molecule has 0 aliphatic rings. The van der Waals surface area contributed by atoms with Crippen molar-refractivity contribution in [1.82, 2.24) is 0 Å². The summed E-state index contributed by atoms with van der Waals surface area (Å²) < 4.78 is 5.04. The number of carbonyl (C=O) groups excluding carboxylic acids is 1. The van der Waals surface area contributed by atoms with Gasteiger partial charge in [-0.05, 0) is 54.7 Å². The molecule has 20 heavy (non-hydrogen) atoms. The Morgan fingerprint density at radius 1 is 1.05 bits per heavy atom. The quantitative estimate of drug-likeness (QED) is 0.768. The molecular weight excluding hydrogens is 248 g/mol. The summed E-state index contributed by atoms with van der Waals surface area (Å²) in [6, 6.07) is 14.0. The van der Waals surface area contributed by atoms with E-state index in [0.29, 0.717) is 12.2 Å². The normalized spacial score (nSPS) is 10.3. The lowest BCUT2D eigenvalue weighted by Crippen LogP contribution is -2.04. The zero-order valence-corrected chi connectivity index (χ0v) is 12.3. The van der Waals surface area contributed by atoms with E-state index in [1.54, 1.807) is 6.07 Å². The van der Waals surface area contributed by atoms with Gasteiger partial charge in [0.25, 0.3) is 0 Å².